The van der Waals surface area contributed by atoms with Crippen LogP contribution in [0, 0.1) is 12.8 Å². The highest BCUT2D eigenvalue weighted by Gasteiger charge is 2.38. The minimum Gasteiger partial charge on any atom is -0.326 e. The summed E-state index contributed by atoms with van der Waals surface area (Å²) in [6.07, 6.45) is 0.570. The van der Waals surface area contributed by atoms with Crippen molar-refractivity contribution in [2.75, 3.05) is 11.9 Å². The van der Waals surface area contributed by atoms with Crippen LogP contribution in [0.3, 0.4) is 0 Å². The summed E-state index contributed by atoms with van der Waals surface area (Å²) in [6, 6.07) is 6.31. The molecule has 1 fully saturated rings. The van der Waals surface area contributed by atoms with Gasteiger partial charge in [0.2, 0.25) is 5.91 Å². The highest BCUT2D eigenvalue weighted by molar-refractivity contribution is 6.07. The highest BCUT2D eigenvalue weighted by atomic mass is 16.2. The van der Waals surface area contributed by atoms with Crippen molar-refractivity contribution < 1.29 is 14.4 Å². The van der Waals surface area contributed by atoms with Crippen molar-refractivity contribution in [3.05, 3.63) is 29.8 Å². The fourth-order valence-electron chi connectivity index (χ4n) is 2.40. The summed E-state index contributed by atoms with van der Waals surface area (Å²) in [6.45, 7) is 5.57. The minimum atomic E-state index is -0.529. The summed E-state index contributed by atoms with van der Waals surface area (Å²) in [5, 5.41) is 5.34. The number of anilines is 1. The molecule has 1 aromatic rings. The molecule has 0 aliphatic carbocycles. The second kappa shape index (κ2) is 6.60. The maximum atomic E-state index is 12.2. The first-order valence-electron chi connectivity index (χ1n) is 7.36. The third-order valence-corrected chi connectivity index (χ3v) is 3.53. The molecule has 2 rings (SSSR count). The largest absolute Gasteiger partial charge is 0.326 e. The fourth-order valence-corrected chi connectivity index (χ4v) is 2.40. The maximum Gasteiger partial charge on any atom is 0.325 e. The summed E-state index contributed by atoms with van der Waals surface area (Å²) in [5.41, 5.74) is 1.60. The Balaban J connectivity index is 1.98. The Labute approximate surface area is 129 Å². The van der Waals surface area contributed by atoms with Crippen LogP contribution in [0.1, 0.15) is 25.8 Å². The molecule has 1 atom stereocenters. The van der Waals surface area contributed by atoms with E-state index in [1.54, 1.807) is 6.07 Å². The van der Waals surface area contributed by atoms with Crippen molar-refractivity contribution in [3.63, 3.8) is 0 Å². The lowest BCUT2D eigenvalue weighted by Crippen LogP contribution is -2.38. The van der Waals surface area contributed by atoms with Crippen LogP contribution in [-0.4, -0.2) is 35.3 Å². The number of hydrogen-bond donors (Lipinski definition) is 2. The molecule has 6 heteroatoms. The number of rotatable bonds is 5. The van der Waals surface area contributed by atoms with Crippen LogP contribution < -0.4 is 10.6 Å². The Kier molecular flexibility index (Phi) is 4.80. The summed E-state index contributed by atoms with van der Waals surface area (Å²) in [4.78, 5) is 37.0. The molecule has 2 N–H and O–H groups in total. The molecule has 22 heavy (non-hydrogen) atoms. The molecule has 0 unspecified atom stereocenters. The number of benzene rings is 1. The van der Waals surface area contributed by atoms with Gasteiger partial charge in [-0.2, -0.15) is 0 Å². The number of hydrogen-bond acceptors (Lipinski definition) is 3. The molecular weight excluding hydrogens is 282 g/mol. The first kappa shape index (κ1) is 16.0. The number of imide groups is 1. The van der Waals surface area contributed by atoms with Gasteiger partial charge in [0.1, 0.15) is 12.6 Å². The Bertz CT molecular complexity index is 598. The van der Waals surface area contributed by atoms with Crippen LogP contribution in [0.15, 0.2) is 24.3 Å². The van der Waals surface area contributed by atoms with E-state index >= 15 is 0 Å². The second-order valence-electron chi connectivity index (χ2n) is 5.92. The topological polar surface area (TPSA) is 78.5 Å². The predicted octanol–water partition coefficient (Wildman–Crippen LogP) is 1.90. The van der Waals surface area contributed by atoms with Gasteiger partial charge in [-0.05, 0) is 30.9 Å². The minimum absolute atomic E-state index is 0.270. The van der Waals surface area contributed by atoms with E-state index in [-0.39, 0.29) is 24.3 Å². The van der Waals surface area contributed by atoms with Gasteiger partial charge in [-0.1, -0.05) is 32.0 Å². The first-order chi connectivity index (χ1) is 10.4. The molecule has 0 bridgehead atoms. The average molecular weight is 303 g/mol. The second-order valence-corrected chi connectivity index (χ2v) is 5.92. The van der Waals surface area contributed by atoms with Gasteiger partial charge in [-0.25, -0.2) is 4.79 Å². The van der Waals surface area contributed by atoms with Gasteiger partial charge in [0.25, 0.3) is 5.91 Å². The van der Waals surface area contributed by atoms with E-state index in [1.165, 1.54) is 0 Å². The molecule has 1 aliphatic rings. The zero-order valence-corrected chi connectivity index (χ0v) is 13.1. The van der Waals surface area contributed by atoms with Crippen LogP contribution in [-0.2, 0) is 9.59 Å². The van der Waals surface area contributed by atoms with Crippen molar-refractivity contribution in [2.45, 2.75) is 33.2 Å². The maximum absolute atomic E-state index is 12.2. The molecule has 0 aromatic heterocycles. The third-order valence-electron chi connectivity index (χ3n) is 3.53. The zero-order valence-electron chi connectivity index (χ0n) is 13.1. The van der Waals surface area contributed by atoms with Gasteiger partial charge in [0.15, 0.2) is 0 Å². The van der Waals surface area contributed by atoms with E-state index in [0.717, 1.165) is 10.5 Å². The van der Waals surface area contributed by atoms with Gasteiger partial charge < -0.3 is 10.6 Å². The number of aryl methyl sites for hydroxylation is 1. The molecule has 1 aliphatic heterocycles. The van der Waals surface area contributed by atoms with Crippen LogP contribution in [0.25, 0.3) is 0 Å². The molecule has 118 valence electrons. The Morgan fingerprint density at radius 1 is 1.32 bits per heavy atom. The normalized spacial score (nSPS) is 17.8. The third kappa shape index (κ3) is 3.63. The quantitative estimate of drug-likeness (QED) is 0.815. The molecule has 4 amide bonds. The lowest BCUT2D eigenvalue weighted by atomic mass is 10.0. The molecule has 1 aromatic carbocycles. The zero-order chi connectivity index (χ0) is 16.3. The molecule has 0 radical (unpaired) electrons. The molecule has 0 saturated carbocycles. The number of nitrogens with one attached hydrogen (secondary N) is 2. The molecular formula is C16H21N3O3. The lowest BCUT2D eigenvalue weighted by Gasteiger charge is -2.14. The molecule has 1 heterocycles. The van der Waals surface area contributed by atoms with E-state index in [4.69, 9.17) is 0 Å². The number of nitrogens with zero attached hydrogens (tertiary/aromatic N) is 1. The lowest BCUT2D eigenvalue weighted by molar-refractivity contribution is -0.131. The summed E-state index contributed by atoms with van der Waals surface area (Å²) >= 11 is 0. The summed E-state index contributed by atoms with van der Waals surface area (Å²) in [7, 11) is 0. The van der Waals surface area contributed by atoms with Gasteiger partial charge in [-0.15, -0.1) is 0 Å². The standard InChI is InChI=1S/C16H21N3O3/c1-10(2)8-13-15(21)19(16(22)18-13)9-14(20)17-12-7-5-4-6-11(12)3/h4-7,10,13H,8-9H2,1-3H3,(H,17,20)(H,18,22)/t13-/m1/s1. The Morgan fingerprint density at radius 3 is 2.64 bits per heavy atom. The van der Waals surface area contributed by atoms with Crippen LogP contribution >= 0.6 is 0 Å². The number of amides is 4. The number of carbonyl (C=O) groups is 3. The monoisotopic (exact) mass is 303 g/mol. The molecule has 6 nitrogen and oxygen atoms in total. The van der Waals surface area contributed by atoms with Crippen molar-refractivity contribution in [2.24, 2.45) is 5.92 Å². The summed E-state index contributed by atoms with van der Waals surface area (Å²) in [5.74, 6) is -0.434. The predicted molar refractivity (Wildman–Crippen MR) is 83.3 cm³/mol. The first-order valence-corrected chi connectivity index (χ1v) is 7.36. The molecule has 1 saturated heterocycles. The van der Waals surface area contributed by atoms with E-state index in [9.17, 15) is 14.4 Å². The van der Waals surface area contributed by atoms with E-state index in [1.807, 2.05) is 39.0 Å². The van der Waals surface area contributed by atoms with Crippen molar-refractivity contribution in [1.82, 2.24) is 10.2 Å². The smallest absolute Gasteiger partial charge is 0.325 e. The van der Waals surface area contributed by atoms with Gasteiger partial charge in [-0.3, -0.25) is 14.5 Å². The van der Waals surface area contributed by atoms with Crippen molar-refractivity contribution >= 4 is 23.5 Å². The highest BCUT2D eigenvalue weighted by Crippen LogP contribution is 2.16. The summed E-state index contributed by atoms with van der Waals surface area (Å²) < 4.78 is 0. The van der Waals surface area contributed by atoms with Crippen molar-refractivity contribution in [1.29, 1.82) is 0 Å². The molecule has 0 spiro atoms. The van der Waals surface area contributed by atoms with E-state index in [2.05, 4.69) is 10.6 Å². The Morgan fingerprint density at radius 2 is 2.00 bits per heavy atom. The Hall–Kier alpha value is -2.37. The fraction of sp³-hybridized carbons (Fsp3) is 0.438. The van der Waals surface area contributed by atoms with Crippen LogP contribution in [0.2, 0.25) is 0 Å². The van der Waals surface area contributed by atoms with E-state index < -0.39 is 12.1 Å². The van der Waals surface area contributed by atoms with Gasteiger partial charge in [0.05, 0.1) is 0 Å². The van der Waals surface area contributed by atoms with Crippen LogP contribution in [0.5, 0.6) is 0 Å². The van der Waals surface area contributed by atoms with Gasteiger partial charge in [0, 0.05) is 5.69 Å². The van der Waals surface area contributed by atoms with Gasteiger partial charge >= 0.3 is 6.03 Å². The SMILES string of the molecule is Cc1ccccc1NC(=O)CN1C(=O)N[C@H](CC(C)C)C1=O. The van der Waals surface area contributed by atoms with Crippen LogP contribution in [0.4, 0.5) is 10.5 Å². The average Bonchev–Trinajstić information content (AvgIpc) is 2.68. The van der Waals surface area contributed by atoms with Crippen molar-refractivity contribution in [3.8, 4) is 0 Å². The number of urea groups is 1. The number of carbonyl (C=O) groups excluding carboxylic acids is 3. The van der Waals surface area contributed by atoms with E-state index in [0.29, 0.717) is 12.1 Å². The number of para-hydroxylation sites is 1.